The molecule has 0 radical (unpaired) electrons. The number of ether oxygens (including phenoxy) is 2. The molecule has 0 aromatic heterocycles. The van der Waals surface area contributed by atoms with Gasteiger partial charge in [0.15, 0.2) is 13.2 Å². The Kier molecular flexibility index (Phi) is 6.76. The van der Waals surface area contributed by atoms with Crippen molar-refractivity contribution in [1.82, 2.24) is 10.9 Å². The van der Waals surface area contributed by atoms with Gasteiger partial charge < -0.3 is 9.47 Å². The van der Waals surface area contributed by atoms with E-state index < -0.39 is 17.6 Å². The minimum Gasteiger partial charge on any atom is -0.484 e. The van der Waals surface area contributed by atoms with Crippen molar-refractivity contribution >= 4 is 27.7 Å². The Hall–Kier alpha value is -2.61. The molecule has 0 saturated heterocycles. The first-order chi connectivity index (χ1) is 11.9. The van der Waals surface area contributed by atoms with E-state index in [0.29, 0.717) is 11.5 Å². The van der Waals surface area contributed by atoms with Gasteiger partial charge in [0.25, 0.3) is 11.8 Å². The minimum absolute atomic E-state index is 0.263. The maximum Gasteiger partial charge on any atom is 0.276 e. The van der Waals surface area contributed by atoms with Crippen molar-refractivity contribution in [1.29, 1.82) is 0 Å². The summed E-state index contributed by atoms with van der Waals surface area (Å²) in [7, 11) is 0. The highest BCUT2D eigenvalue weighted by Gasteiger charge is 2.08. The van der Waals surface area contributed by atoms with Gasteiger partial charge in [-0.3, -0.25) is 20.4 Å². The quantitative estimate of drug-likeness (QED) is 0.717. The lowest BCUT2D eigenvalue weighted by Gasteiger charge is -2.10. The predicted octanol–water partition coefficient (Wildman–Crippen LogP) is 2.50. The van der Waals surface area contributed by atoms with E-state index in [0.717, 1.165) is 10.0 Å². The number of hydrazine groups is 1. The van der Waals surface area contributed by atoms with Crippen LogP contribution in [0.15, 0.2) is 46.9 Å². The molecule has 6 nitrogen and oxygen atoms in total. The third kappa shape index (κ3) is 6.42. The Morgan fingerprint density at radius 2 is 1.60 bits per heavy atom. The first-order valence-electron chi connectivity index (χ1n) is 7.29. The molecule has 2 N–H and O–H groups in total. The normalized spacial score (nSPS) is 10.0. The van der Waals surface area contributed by atoms with Gasteiger partial charge in [0, 0.05) is 0 Å². The number of amides is 2. The minimum atomic E-state index is -0.561. The highest BCUT2D eigenvalue weighted by Crippen LogP contribution is 2.25. The average Bonchev–Trinajstić information content (AvgIpc) is 2.58. The Morgan fingerprint density at radius 3 is 2.20 bits per heavy atom. The second kappa shape index (κ2) is 9.03. The summed E-state index contributed by atoms with van der Waals surface area (Å²) in [5.41, 5.74) is 5.46. The van der Waals surface area contributed by atoms with Crippen molar-refractivity contribution in [2.45, 2.75) is 6.92 Å². The monoisotopic (exact) mass is 410 g/mol. The van der Waals surface area contributed by atoms with Crippen LogP contribution in [0.25, 0.3) is 0 Å². The molecular formula is C17H16BrFN2O4. The topological polar surface area (TPSA) is 76.7 Å². The molecule has 0 aliphatic carbocycles. The van der Waals surface area contributed by atoms with Crippen molar-refractivity contribution < 1.29 is 23.5 Å². The lowest BCUT2D eigenvalue weighted by Crippen LogP contribution is -2.45. The molecule has 0 aliphatic heterocycles. The van der Waals surface area contributed by atoms with Crippen LogP contribution in [0.3, 0.4) is 0 Å². The number of hydrogen-bond donors (Lipinski definition) is 2. The summed E-state index contributed by atoms with van der Waals surface area (Å²) in [6.45, 7) is 1.35. The van der Waals surface area contributed by atoms with E-state index in [1.54, 1.807) is 6.07 Å². The number of carbonyl (C=O) groups excluding carboxylic acids is 2. The molecule has 0 bridgehead atoms. The average molecular weight is 411 g/mol. The van der Waals surface area contributed by atoms with E-state index in [9.17, 15) is 14.0 Å². The van der Waals surface area contributed by atoms with Crippen LogP contribution in [0, 0.1) is 12.7 Å². The highest BCUT2D eigenvalue weighted by atomic mass is 79.9. The van der Waals surface area contributed by atoms with E-state index in [-0.39, 0.29) is 13.2 Å². The molecule has 2 rings (SSSR count). The molecule has 25 heavy (non-hydrogen) atoms. The number of halogens is 2. The molecule has 0 unspecified atom stereocenters. The smallest absolute Gasteiger partial charge is 0.276 e. The highest BCUT2D eigenvalue weighted by molar-refractivity contribution is 9.10. The molecule has 0 heterocycles. The van der Waals surface area contributed by atoms with Gasteiger partial charge in [-0.05, 0) is 64.8 Å². The lowest BCUT2D eigenvalue weighted by atomic mass is 10.2. The largest absolute Gasteiger partial charge is 0.484 e. The molecule has 0 atom stereocenters. The number of nitrogens with one attached hydrogen (secondary N) is 2. The SMILES string of the molecule is Cc1ccc(OCC(=O)NNC(=O)COc2ccc(F)cc2)c(Br)c1. The van der Waals surface area contributed by atoms with Gasteiger partial charge in [-0.15, -0.1) is 0 Å². The summed E-state index contributed by atoms with van der Waals surface area (Å²) < 4.78 is 24.0. The first-order valence-corrected chi connectivity index (χ1v) is 8.08. The standard InChI is InChI=1S/C17H16BrFN2O4/c1-11-2-7-15(14(18)8-11)25-10-17(23)21-20-16(22)9-24-13-5-3-12(19)4-6-13/h2-8H,9-10H2,1H3,(H,20,22)(H,21,23). The van der Waals surface area contributed by atoms with Gasteiger partial charge in [-0.1, -0.05) is 6.07 Å². The van der Waals surface area contributed by atoms with Gasteiger partial charge in [-0.25, -0.2) is 4.39 Å². The van der Waals surface area contributed by atoms with Gasteiger partial charge >= 0.3 is 0 Å². The number of hydrogen-bond acceptors (Lipinski definition) is 4. The first kappa shape index (κ1) is 18.7. The summed E-state index contributed by atoms with van der Waals surface area (Å²) in [6, 6.07) is 10.7. The van der Waals surface area contributed by atoms with Crippen molar-refractivity contribution in [3.05, 3.63) is 58.3 Å². The number of benzene rings is 2. The molecule has 2 aromatic rings. The maximum absolute atomic E-state index is 12.7. The zero-order chi connectivity index (χ0) is 18.2. The van der Waals surface area contributed by atoms with Gasteiger partial charge in [0.2, 0.25) is 0 Å². The van der Waals surface area contributed by atoms with E-state index in [4.69, 9.17) is 9.47 Å². The Morgan fingerprint density at radius 1 is 1.00 bits per heavy atom. The maximum atomic E-state index is 12.7. The summed E-state index contributed by atoms with van der Waals surface area (Å²) in [5.74, 6) is -0.622. The summed E-state index contributed by atoms with van der Waals surface area (Å²) in [4.78, 5) is 23.2. The van der Waals surface area contributed by atoms with Crippen LogP contribution in [0.1, 0.15) is 5.56 Å². The molecular weight excluding hydrogens is 395 g/mol. The molecule has 0 saturated carbocycles. The van der Waals surface area contributed by atoms with Gasteiger partial charge in [0.1, 0.15) is 17.3 Å². The van der Waals surface area contributed by atoms with Gasteiger partial charge in [0.05, 0.1) is 4.47 Å². The summed E-state index contributed by atoms with van der Waals surface area (Å²) >= 11 is 3.34. The van der Waals surface area contributed by atoms with Crippen LogP contribution < -0.4 is 20.3 Å². The Bertz CT molecular complexity index is 753. The fraction of sp³-hybridized carbons (Fsp3) is 0.176. The fourth-order valence-corrected chi connectivity index (χ4v) is 2.37. The molecule has 132 valence electrons. The Labute approximate surface area is 152 Å². The number of carbonyl (C=O) groups is 2. The third-order valence-electron chi connectivity index (χ3n) is 2.97. The molecule has 0 spiro atoms. The third-order valence-corrected chi connectivity index (χ3v) is 3.59. The zero-order valence-electron chi connectivity index (χ0n) is 13.3. The molecule has 0 aliphatic rings. The second-order valence-corrected chi connectivity index (χ2v) is 5.92. The van der Waals surface area contributed by atoms with Crippen LogP contribution >= 0.6 is 15.9 Å². The van der Waals surface area contributed by atoms with Crippen LogP contribution in [0.4, 0.5) is 4.39 Å². The van der Waals surface area contributed by atoms with E-state index in [1.165, 1.54) is 24.3 Å². The van der Waals surface area contributed by atoms with E-state index in [2.05, 4.69) is 26.8 Å². The van der Waals surface area contributed by atoms with Gasteiger partial charge in [-0.2, -0.15) is 0 Å². The summed E-state index contributed by atoms with van der Waals surface area (Å²) in [5, 5.41) is 0. The molecule has 2 amide bonds. The van der Waals surface area contributed by atoms with Crippen LogP contribution in [-0.2, 0) is 9.59 Å². The number of rotatable bonds is 6. The molecule has 0 fully saturated rings. The predicted molar refractivity (Wildman–Crippen MR) is 92.6 cm³/mol. The summed E-state index contributed by atoms with van der Waals surface area (Å²) in [6.07, 6.45) is 0. The molecule has 8 heteroatoms. The zero-order valence-corrected chi connectivity index (χ0v) is 14.9. The van der Waals surface area contributed by atoms with Crippen LogP contribution in [0.2, 0.25) is 0 Å². The second-order valence-electron chi connectivity index (χ2n) is 5.06. The van der Waals surface area contributed by atoms with E-state index in [1.807, 2.05) is 19.1 Å². The van der Waals surface area contributed by atoms with E-state index >= 15 is 0 Å². The Balaban J connectivity index is 1.68. The number of aryl methyl sites for hydroxylation is 1. The van der Waals surface area contributed by atoms with Crippen molar-refractivity contribution in [2.75, 3.05) is 13.2 Å². The van der Waals surface area contributed by atoms with Crippen LogP contribution in [0.5, 0.6) is 11.5 Å². The van der Waals surface area contributed by atoms with Crippen molar-refractivity contribution in [3.63, 3.8) is 0 Å². The van der Waals surface area contributed by atoms with Crippen molar-refractivity contribution in [2.24, 2.45) is 0 Å². The van der Waals surface area contributed by atoms with Crippen LogP contribution in [-0.4, -0.2) is 25.0 Å². The van der Waals surface area contributed by atoms with Crippen molar-refractivity contribution in [3.8, 4) is 11.5 Å². The molecule has 2 aromatic carbocycles. The fourth-order valence-electron chi connectivity index (χ4n) is 1.76. The lowest BCUT2D eigenvalue weighted by molar-refractivity contribution is -0.131.